The Kier molecular flexibility index (Phi) is 6.10. The van der Waals surface area contributed by atoms with E-state index in [-0.39, 0.29) is 12.6 Å². The fourth-order valence-electron chi connectivity index (χ4n) is 1.77. The molecule has 0 spiro atoms. The zero-order chi connectivity index (χ0) is 10.2. The Morgan fingerprint density at radius 2 is 2.29 bits per heavy atom. The van der Waals surface area contributed by atoms with Gasteiger partial charge in [0.05, 0.1) is 13.2 Å². The third kappa shape index (κ3) is 4.37. The molecule has 1 saturated heterocycles. The molecule has 1 unspecified atom stereocenters. The molecule has 1 atom stereocenters. The molecule has 0 amide bonds. The molecule has 1 heterocycles. The Morgan fingerprint density at radius 1 is 1.43 bits per heavy atom. The zero-order valence-corrected chi connectivity index (χ0v) is 9.04. The van der Waals surface area contributed by atoms with Crippen LogP contribution in [0.15, 0.2) is 0 Å². The number of ether oxygens (including phenoxy) is 1. The van der Waals surface area contributed by atoms with Crippen LogP contribution in [0.1, 0.15) is 13.3 Å². The van der Waals surface area contributed by atoms with Crippen LogP contribution in [0.25, 0.3) is 0 Å². The number of hydrogen-bond donors (Lipinski definition) is 2. The van der Waals surface area contributed by atoms with Crippen molar-refractivity contribution in [2.24, 2.45) is 0 Å². The third-order valence-electron chi connectivity index (χ3n) is 2.51. The van der Waals surface area contributed by atoms with E-state index < -0.39 is 0 Å². The number of rotatable bonds is 5. The molecule has 1 fully saturated rings. The summed E-state index contributed by atoms with van der Waals surface area (Å²) in [7, 11) is 0. The van der Waals surface area contributed by atoms with Crippen LogP contribution in [0.5, 0.6) is 0 Å². The summed E-state index contributed by atoms with van der Waals surface area (Å²) in [5.74, 6) is 0. The van der Waals surface area contributed by atoms with Crippen LogP contribution >= 0.6 is 0 Å². The highest BCUT2D eigenvalue weighted by Gasteiger charge is 2.13. The first-order valence-corrected chi connectivity index (χ1v) is 5.51. The van der Waals surface area contributed by atoms with Gasteiger partial charge in [-0.05, 0) is 13.0 Å². The average Bonchev–Trinajstić information content (AvgIpc) is 2.45. The SMILES string of the molecule is CCNC(CO)CN1CCCOCC1. The van der Waals surface area contributed by atoms with Gasteiger partial charge in [-0.3, -0.25) is 4.90 Å². The number of nitrogens with one attached hydrogen (secondary N) is 1. The summed E-state index contributed by atoms with van der Waals surface area (Å²) in [6, 6.07) is 0.207. The van der Waals surface area contributed by atoms with Crippen LogP contribution in [0.2, 0.25) is 0 Å². The molecule has 2 N–H and O–H groups in total. The average molecular weight is 202 g/mol. The van der Waals surface area contributed by atoms with E-state index in [9.17, 15) is 0 Å². The molecule has 84 valence electrons. The number of likely N-dealkylation sites (N-methyl/N-ethyl adjacent to an activating group) is 1. The molecule has 1 aliphatic heterocycles. The lowest BCUT2D eigenvalue weighted by Crippen LogP contribution is -2.44. The van der Waals surface area contributed by atoms with Crippen molar-refractivity contribution in [2.75, 3.05) is 46.0 Å². The first kappa shape index (κ1) is 11.9. The summed E-state index contributed by atoms with van der Waals surface area (Å²) >= 11 is 0. The predicted octanol–water partition coefficient (Wildman–Crippen LogP) is -0.321. The van der Waals surface area contributed by atoms with Crippen molar-refractivity contribution in [3.05, 3.63) is 0 Å². The minimum atomic E-state index is 0.207. The summed E-state index contributed by atoms with van der Waals surface area (Å²) in [6.07, 6.45) is 1.10. The van der Waals surface area contributed by atoms with Gasteiger partial charge in [-0.1, -0.05) is 6.92 Å². The molecule has 4 heteroatoms. The molecule has 0 aromatic rings. The van der Waals surface area contributed by atoms with Crippen molar-refractivity contribution in [3.63, 3.8) is 0 Å². The maximum atomic E-state index is 9.14. The molecule has 14 heavy (non-hydrogen) atoms. The fraction of sp³-hybridized carbons (Fsp3) is 1.00. The van der Waals surface area contributed by atoms with Gasteiger partial charge < -0.3 is 15.2 Å². The normalized spacial score (nSPS) is 21.9. The highest BCUT2D eigenvalue weighted by atomic mass is 16.5. The standard InChI is InChI=1S/C10H22N2O2/c1-2-11-10(9-13)8-12-4-3-6-14-7-5-12/h10-11,13H,2-9H2,1H3. The molecule has 0 aromatic carbocycles. The summed E-state index contributed by atoms with van der Waals surface area (Å²) < 4.78 is 5.38. The second-order valence-corrected chi connectivity index (χ2v) is 3.70. The quantitative estimate of drug-likeness (QED) is 0.641. The van der Waals surface area contributed by atoms with Gasteiger partial charge in [-0.2, -0.15) is 0 Å². The highest BCUT2D eigenvalue weighted by molar-refractivity contribution is 4.71. The lowest BCUT2D eigenvalue weighted by molar-refractivity contribution is 0.135. The number of nitrogens with zero attached hydrogens (tertiary/aromatic N) is 1. The van der Waals surface area contributed by atoms with Crippen molar-refractivity contribution < 1.29 is 9.84 Å². The topological polar surface area (TPSA) is 44.7 Å². The molecule has 0 aromatic heterocycles. The van der Waals surface area contributed by atoms with Gasteiger partial charge in [0, 0.05) is 32.3 Å². The predicted molar refractivity (Wildman–Crippen MR) is 56.4 cm³/mol. The van der Waals surface area contributed by atoms with Gasteiger partial charge in [-0.25, -0.2) is 0 Å². The van der Waals surface area contributed by atoms with E-state index in [1.807, 2.05) is 0 Å². The molecular weight excluding hydrogens is 180 g/mol. The Morgan fingerprint density at radius 3 is 3.00 bits per heavy atom. The molecular formula is C10H22N2O2. The molecule has 1 rings (SSSR count). The zero-order valence-electron chi connectivity index (χ0n) is 9.04. The highest BCUT2D eigenvalue weighted by Crippen LogP contribution is 2.00. The van der Waals surface area contributed by atoms with Crippen LogP contribution in [0, 0.1) is 0 Å². The van der Waals surface area contributed by atoms with E-state index in [0.29, 0.717) is 0 Å². The lowest BCUT2D eigenvalue weighted by Gasteiger charge is -2.24. The monoisotopic (exact) mass is 202 g/mol. The summed E-state index contributed by atoms with van der Waals surface area (Å²) in [5.41, 5.74) is 0. The van der Waals surface area contributed by atoms with Gasteiger partial charge in [0.2, 0.25) is 0 Å². The van der Waals surface area contributed by atoms with Crippen molar-refractivity contribution in [1.29, 1.82) is 0 Å². The van der Waals surface area contributed by atoms with E-state index in [0.717, 1.165) is 45.8 Å². The van der Waals surface area contributed by atoms with E-state index in [1.165, 1.54) is 0 Å². The smallest absolute Gasteiger partial charge is 0.0597 e. The number of aliphatic hydroxyl groups excluding tert-OH is 1. The number of hydrogen-bond acceptors (Lipinski definition) is 4. The van der Waals surface area contributed by atoms with Crippen molar-refractivity contribution in [1.82, 2.24) is 10.2 Å². The largest absolute Gasteiger partial charge is 0.395 e. The van der Waals surface area contributed by atoms with E-state index in [4.69, 9.17) is 9.84 Å². The van der Waals surface area contributed by atoms with Gasteiger partial charge in [-0.15, -0.1) is 0 Å². The minimum Gasteiger partial charge on any atom is -0.395 e. The van der Waals surface area contributed by atoms with Crippen LogP contribution in [-0.4, -0.2) is 62.0 Å². The van der Waals surface area contributed by atoms with Gasteiger partial charge >= 0.3 is 0 Å². The first-order valence-electron chi connectivity index (χ1n) is 5.51. The molecule has 0 radical (unpaired) electrons. The van der Waals surface area contributed by atoms with Gasteiger partial charge in [0.15, 0.2) is 0 Å². The second-order valence-electron chi connectivity index (χ2n) is 3.70. The van der Waals surface area contributed by atoms with Crippen molar-refractivity contribution in [3.8, 4) is 0 Å². The lowest BCUT2D eigenvalue weighted by atomic mass is 10.2. The summed E-state index contributed by atoms with van der Waals surface area (Å²) in [4.78, 5) is 2.36. The molecule has 0 aliphatic carbocycles. The Bertz CT molecular complexity index is 136. The van der Waals surface area contributed by atoms with Crippen molar-refractivity contribution in [2.45, 2.75) is 19.4 Å². The van der Waals surface area contributed by atoms with Crippen LogP contribution in [0.4, 0.5) is 0 Å². The van der Waals surface area contributed by atoms with E-state index in [2.05, 4.69) is 17.1 Å². The maximum Gasteiger partial charge on any atom is 0.0597 e. The third-order valence-corrected chi connectivity index (χ3v) is 2.51. The van der Waals surface area contributed by atoms with Crippen LogP contribution in [-0.2, 0) is 4.74 Å². The minimum absolute atomic E-state index is 0.207. The van der Waals surface area contributed by atoms with Crippen LogP contribution in [0.3, 0.4) is 0 Å². The second kappa shape index (κ2) is 7.17. The van der Waals surface area contributed by atoms with Crippen molar-refractivity contribution >= 4 is 0 Å². The summed E-state index contributed by atoms with van der Waals surface area (Å²) in [5, 5.41) is 12.4. The van der Waals surface area contributed by atoms with E-state index in [1.54, 1.807) is 0 Å². The molecule has 0 bridgehead atoms. The molecule has 4 nitrogen and oxygen atoms in total. The van der Waals surface area contributed by atoms with Crippen LogP contribution < -0.4 is 5.32 Å². The Hall–Kier alpha value is -0.160. The molecule has 1 aliphatic rings. The maximum absolute atomic E-state index is 9.14. The Balaban J connectivity index is 2.24. The van der Waals surface area contributed by atoms with E-state index >= 15 is 0 Å². The first-order chi connectivity index (χ1) is 6.86. The van der Waals surface area contributed by atoms with Gasteiger partial charge in [0.25, 0.3) is 0 Å². The Labute approximate surface area is 86.2 Å². The summed E-state index contributed by atoms with van der Waals surface area (Å²) in [6.45, 7) is 7.89. The molecule has 0 saturated carbocycles. The fourth-order valence-corrected chi connectivity index (χ4v) is 1.77. The van der Waals surface area contributed by atoms with Gasteiger partial charge in [0.1, 0.15) is 0 Å². The number of aliphatic hydroxyl groups is 1.